The Morgan fingerprint density at radius 3 is 2.66 bits per heavy atom. The molecule has 0 saturated heterocycles. The molecule has 0 saturated carbocycles. The standard InChI is InChI=1S/C21H14N6O2/c28-20(16-11-22-18-4-2-1-3-15(16)18)21(29)24-14-7-5-13(6-8-14)17-9-10-19-25-23-12-27(19)26-17/h1-12,22H,(H,24,29). The smallest absolute Gasteiger partial charge is 0.296 e. The van der Waals surface area contributed by atoms with Crippen molar-refractivity contribution < 1.29 is 9.59 Å². The van der Waals surface area contributed by atoms with Gasteiger partial charge < -0.3 is 10.3 Å². The number of ketones is 1. The molecule has 5 aromatic rings. The fourth-order valence-corrected chi connectivity index (χ4v) is 3.18. The van der Waals surface area contributed by atoms with Crippen LogP contribution in [0.2, 0.25) is 0 Å². The van der Waals surface area contributed by atoms with Crippen molar-refractivity contribution in [2.45, 2.75) is 0 Å². The maximum atomic E-state index is 12.6. The molecule has 0 atom stereocenters. The minimum atomic E-state index is -0.688. The van der Waals surface area contributed by atoms with Crippen LogP contribution in [0.25, 0.3) is 27.8 Å². The van der Waals surface area contributed by atoms with Crippen LogP contribution in [0.15, 0.2) is 73.2 Å². The van der Waals surface area contributed by atoms with E-state index in [2.05, 4.69) is 25.6 Å². The second-order valence-electron chi connectivity index (χ2n) is 6.46. The van der Waals surface area contributed by atoms with Gasteiger partial charge >= 0.3 is 0 Å². The number of fused-ring (bicyclic) bond motifs is 2. The molecule has 8 heteroatoms. The van der Waals surface area contributed by atoms with Crippen molar-refractivity contribution in [2.24, 2.45) is 0 Å². The van der Waals surface area contributed by atoms with Gasteiger partial charge in [-0.1, -0.05) is 30.3 Å². The predicted molar refractivity (Wildman–Crippen MR) is 107 cm³/mol. The van der Waals surface area contributed by atoms with Crippen LogP contribution in [0, 0.1) is 0 Å². The van der Waals surface area contributed by atoms with Gasteiger partial charge in [0, 0.05) is 28.4 Å². The van der Waals surface area contributed by atoms with Crippen molar-refractivity contribution in [3.8, 4) is 11.3 Å². The molecule has 2 N–H and O–H groups in total. The summed E-state index contributed by atoms with van der Waals surface area (Å²) in [6.45, 7) is 0. The van der Waals surface area contributed by atoms with Crippen LogP contribution in [0.3, 0.4) is 0 Å². The molecular formula is C21H14N6O2. The lowest BCUT2D eigenvalue weighted by Gasteiger charge is -2.06. The van der Waals surface area contributed by atoms with E-state index in [4.69, 9.17) is 0 Å². The molecule has 0 unspecified atom stereocenters. The molecule has 5 rings (SSSR count). The maximum absolute atomic E-state index is 12.6. The van der Waals surface area contributed by atoms with Gasteiger partial charge in [-0.15, -0.1) is 10.2 Å². The molecule has 0 spiro atoms. The normalized spacial score (nSPS) is 11.0. The minimum absolute atomic E-state index is 0.348. The molecule has 8 nitrogen and oxygen atoms in total. The number of aromatic amines is 1. The van der Waals surface area contributed by atoms with Gasteiger partial charge in [-0.3, -0.25) is 9.59 Å². The Balaban J connectivity index is 1.35. The number of amides is 1. The molecule has 2 aromatic carbocycles. The number of benzene rings is 2. The average Bonchev–Trinajstić information content (AvgIpc) is 3.40. The van der Waals surface area contributed by atoms with E-state index < -0.39 is 11.7 Å². The van der Waals surface area contributed by atoms with Crippen LogP contribution in [-0.4, -0.2) is 36.5 Å². The first-order valence-corrected chi connectivity index (χ1v) is 8.88. The summed E-state index contributed by atoms with van der Waals surface area (Å²) in [5, 5.41) is 15.5. The Hall–Kier alpha value is -4.33. The first-order valence-electron chi connectivity index (χ1n) is 8.88. The summed E-state index contributed by atoms with van der Waals surface area (Å²) in [5.41, 5.74) is 3.95. The predicted octanol–water partition coefficient (Wildman–Crippen LogP) is 3.09. The van der Waals surface area contributed by atoms with E-state index in [1.54, 1.807) is 28.9 Å². The Morgan fingerprint density at radius 2 is 1.79 bits per heavy atom. The van der Waals surface area contributed by atoms with Crippen molar-refractivity contribution in [2.75, 3.05) is 5.32 Å². The maximum Gasteiger partial charge on any atom is 0.296 e. The number of Topliss-reactive ketones (excluding diaryl/α,β-unsaturated/α-hetero) is 1. The highest BCUT2D eigenvalue weighted by molar-refractivity contribution is 6.48. The fourth-order valence-electron chi connectivity index (χ4n) is 3.18. The third-order valence-electron chi connectivity index (χ3n) is 4.64. The quantitative estimate of drug-likeness (QED) is 0.367. The molecule has 29 heavy (non-hydrogen) atoms. The molecule has 0 aliphatic rings. The van der Waals surface area contributed by atoms with Crippen LogP contribution < -0.4 is 5.32 Å². The summed E-state index contributed by atoms with van der Waals surface area (Å²) < 4.78 is 1.59. The van der Waals surface area contributed by atoms with Crippen molar-refractivity contribution in [3.05, 3.63) is 78.8 Å². The number of anilines is 1. The number of H-pyrrole nitrogens is 1. The Kier molecular flexibility index (Phi) is 3.87. The van der Waals surface area contributed by atoms with Crippen molar-refractivity contribution in [3.63, 3.8) is 0 Å². The Labute approximate surface area is 164 Å². The SMILES string of the molecule is O=C(Nc1ccc(-c2ccc3nncn3n2)cc1)C(=O)c1c[nH]c2ccccc12. The molecule has 1 amide bonds. The lowest BCUT2D eigenvalue weighted by Crippen LogP contribution is -2.22. The summed E-state index contributed by atoms with van der Waals surface area (Å²) in [5.74, 6) is -1.28. The lowest BCUT2D eigenvalue weighted by atomic mass is 10.1. The number of nitrogens with one attached hydrogen (secondary N) is 2. The van der Waals surface area contributed by atoms with Crippen LogP contribution in [0.4, 0.5) is 5.69 Å². The van der Waals surface area contributed by atoms with Gasteiger partial charge in [0.25, 0.3) is 11.7 Å². The van der Waals surface area contributed by atoms with Gasteiger partial charge in [-0.2, -0.15) is 9.61 Å². The van der Waals surface area contributed by atoms with Gasteiger partial charge in [-0.25, -0.2) is 0 Å². The second-order valence-corrected chi connectivity index (χ2v) is 6.46. The van der Waals surface area contributed by atoms with Crippen LogP contribution in [0.5, 0.6) is 0 Å². The van der Waals surface area contributed by atoms with Crippen molar-refractivity contribution >= 4 is 33.9 Å². The van der Waals surface area contributed by atoms with E-state index in [9.17, 15) is 9.59 Å². The van der Waals surface area contributed by atoms with Crippen molar-refractivity contribution in [1.82, 2.24) is 24.8 Å². The number of para-hydroxylation sites is 1. The number of hydrogen-bond donors (Lipinski definition) is 2. The first-order chi connectivity index (χ1) is 14.2. The molecule has 0 aliphatic carbocycles. The number of aromatic nitrogens is 5. The van der Waals surface area contributed by atoms with Gasteiger partial charge in [0.05, 0.1) is 11.3 Å². The summed E-state index contributed by atoms with van der Waals surface area (Å²) in [6.07, 6.45) is 3.09. The average molecular weight is 382 g/mol. The number of carbonyl (C=O) groups is 2. The summed E-state index contributed by atoms with van der Waals surface area (Å²) >= 11 is 0. The highest BCUT2D eigenvalue weighted by Crippen LogP contribution is 2.21. The fraction of sp³-hybridized carbons (Fsp3) is 0. The summed E-state index contributed by atoms with van der Waals surface area (Å²) in [4.78, 5) is 28.0. The minimum Gasteiger partial charge on any atom is -0.360 e. The van der Waals surface area contributed by atoms with E-state index in [1.165, 1.54) is 6.33 Å². The molecule has 0 bridgehead atoms. The van der Waals surface area contributed by atoms with Crippen LogP contribution in [0.1, 0.15) is 10.4 Å². The monoisotopic (exact) mass is 382 g/mol. The number of rotatable bonds is 4. The van der Waals surface area contributed by atoms with Gasteiger partial charge in [0.15, 0.2) is 5.65 Å². The van der Waals surface area contributed by atoms with Crippen LogP contribution in [-0.2, 0) is 4.79 Å². The third kappa shape index (κ3) is 3.02. The molecule has 0 radical (unpaired) electrons. The van der Waals surface area contributed by atoms with E-state index in [0.717, 1.165) is 22.2 Å². The summed E-state index contributed by atoms with van der Waals surface area (Å²) in [7, 11) is 0. The first kappa shape index (κ1) is 16.8. The van der Waals surface area contributed by atoms with Crippen LogP contribution >= 0.6 is 0 Å². The molecule has 140 valence electrons. The summed E-state index contributed by atoms with van der Waals surface area (Å²) in [6, 6.07) is 18.1. The van der Waals surface area contributed by atoms with E-state index >= 15 is 0 Å². The van der Waals surface area contributed by atoms with E-state index in [0.29, 0.717) is 16.9 Å². The van der Waals surface area contributed by atoms with Crippen molar-refractivity contribution in [1.29, 1.82) is 0 Å². The Morgan fingerprint density at radius 1 is 0.966 bits per heavy atom. The Bertz CT molecular complexity index is 1370. The van der Waals surface area contributed by atoms with Gasteiger partial charge in [0.1, 0.15) is 6.33 Å². The lowest BCUT2D eigenvalue weighted by molar-refractivity contribution is -0.112. The zero-order valence-corrected chi connectivity index (χ0v) is 15.0. The number of hydrogen-bond acceptors (Lipinski definition) is 5. The van der Waals surface area contributed by atoms with Gasteiger partial charge in [-0.05, 0) is 30.3 Å². The van der Waals surface area contributed by atoms with E-state index in [1.807, 2.05) is 42.5 Å². The van der Waals surface area contributed by atoms with E-state index in [-0.39, 0.29) is 0 Å². The molecule has 0 fully saturated rings. The molecule has 3 heterocycles. The highest BCUT2D eigenvalue weighted by Gasteiger charge is 2.20. The molecular weight excluding hydrogens is 368 g/mol. The molecule has 3 aromatic heterocycles. The zero-order valence-electron chi connectivity index (χ0n) is 15.0. The second kappa shape index (κ2) is 6.68. The highest BCUT2D eigenvalue weighted by atomic mass is 16.2. The zero-order chi connectivity index (χ0) is 19.8. The number of nitrogens with zero attached hydrogens (tertiary/aromatic N) is 4. The third-order valence-corrected chi connectivity index (χ3v) is 4.64. The van der Waals surface area contributed by atoms with Gasteiger partial charge in [0.2, 0.25) is 0 Å². The number of carbonyl (C=O) groups excluding carboxylic acids is 2. The topological polar surface area (TPSA) is 105 Å². The molecule has 0 aliphatic heterocycles. The largest absolute Gasteiger partial charge is 0.360 e.